The van der Waals surface area contributed by atoms with Gasteiger partial charge in [-0.1, -0.05) is 20.4 Å². The van der Waals surface area contributed by atoms with Gasteiger partial charge in [0.2, 0.25) is 11.8 Å². The minimum absolute atomic E-state index is 0.0372. The molecule has 1 atom stereocenters. The zero-order valence-corrected chi connectivity index (χ0v) is 10.3. The average Bonchev–Trinajstić information content (AvgIpc) is 2.23. The van der Waals surface area contributed by atoms with Gasteiger partial charge in [-0.2, -0.15) is 0 Å². The van der Waals surface area contributed by atoms with Crippen molar-refractivity contribution in [2.45, 2.75) is 26.8 Å². The Bertz CT molecular complexity index is 299. The topological polar surface area (TPSA) is 40.6 Å². The third kappa shape index (κ3) is 2.62. The maximum atomic E-state index is 12.0. The van der Waals surface area contributed by atoms with Crippen molar-refractivity contribution < 1.29 is 9.59 Å². The fourth-order valence-corrected chi connectivity index (χ4v) is 1.97. The third-order valence-corrected chi connectivity index (χ3v) is 2.79. The van der Waals surface area contributed by atoms with Gasteiger partial charge in [-0.25, -0.2) is 0 Å². The van der Waals surface area contributed by atoms with E-state index in [4.69, 9.17) is 0 Å². The number of carbonyl (C=O) groups is 2. The predicted octanol–water partition coefficient (Wildman–Crippen LogP) is 0.888. The summed E-state index contributed by atoms with van der Waals surface area (Å²) in [5.74, 6) is 0.331. The lowest BCUT2D eigenvalue weighted by atomic mass is 10.1. The monoisotopic (exact) mass is 224 g/mol. The van der Waals surface area contributed by atoms with E-state index in [9.17, 15) is 9.59 Å². The average molecular weight is 224 g/mol. The van der Waals surface area contributed by atoms with Crippen LogP contribution in [0.25, 0.3) is 0 Å². The molecule has 0 radical (unpaired) electrons. The molecule has 0 aromatic rings. The summed E-state index contributed by atoms with van der Waals surface area (Å²) in [6.45, 7) is 11.4. The third-order valence-electron chi connectivity index (χ3n) is 2.79. The normalized spacial score (nSPS) is 21.5. The van der Waals surface area contributed by atoms with Crippen molar-refractivity contribution in [2.75, 3.05) is 19.6 Å². The highest BCUT2D eigenvalue weighted by Crippen LogP contribution is 2.13. The van der Waals surface area contributed by atoms with Crippen LogP contribution in [-0.4, -0.2) is 47.3 Å². The van der Waals surface area contributed by atoms with Gasteiger partial charge in [0.05, 0.1) is 0 Å². The lowest BCUT2D eigenvalue weighted by Gasteiger charge is -2.39. The highest BCUT2D eigenvalue weighted by atomic mass is 16.2. The zero-order valence-electron chi connectivity index (χ0n) is 10.3. The van der Waals surface area contributed by atoms with E-state index in [1.807, 2.05) is 4.90 Å². The van der Waals surface area contributed by atoms with E-state index < -0.39 is 0 Å². The Morgan fingerprint density at radius 3 is 2.69 bits per heavy atom. The summed E-state index contributed by atoms with van der Waals surface area (Å²) in [4.78, 5) is 26.9. The van der Waals surface area contributed by atoms with Gasteiger partial charge in [0.1, 0.15) is 6.04 Å². The van der Waals surface area contributed by atoms with Gasteiger partial charge >= 0.3 is 0 Å². The van der Waals surface area contributed by atoms with Gasteiger partial charge in [-0.3, -0.25) is 9.59 Å². The molecule has 0 saturated carbocycles. The van der Waals surface area contributed by atoms with E-state index in [1.54, 1.807) is 11.8 Å². The van der Waals surface area contributed by atoms with Gasteiger partial charge in [0, 0.05) is 19.6 Å². The van der Waals surface area contributed by atoms with Crippen LogP contribution in [0, 0.1) is 5.92 Å². The second kappa shape index (κ2) is 5.14. The number of hydrogen-bond donors (Lipinski definition) is 0. The van der Waals surface area contributed by atoms with Crippen LogP contribution in [0.2, 0.25) is 0 Å². The Balaban J connectivity index is 2.68. The summed E-state index contributed by atoms with van der Waals surface area (Å²) in [7, 11) is 0. The molecule has 0 aromatic heterocycles. The standard InChI is InChI=1S/C12H20N2O2/c1-5-11(15)14-7-6-13(8-9(2)3)12(16)10(14)4/h5,9-10H,1,6-8H2,2-4H3. The molecular weight excluding hydrogens is 204 g/mol. The number of rotatable bonds is 3. The maximum absolute atomic E-state index is 12.0. The van der Waals surface area contributed by atoms with Crippen molar-refractivity contribution in [3.8, 4) is 0 Å². The van der Waals surface area contributed by atoms with Crippen LogP contribution in [0.1, 0.15) is 20.8 Å². The minimum atomic E-state index is -0.363. The van der Waals surface area contributed by atoms with Crippen LogP contribution in [-0.2, 0) is 9.59 Å². The van der Waals surface area contributed by atoms with E-state index in [2.05, 4.69) is 20.4 Å². The summed E-state index contributed by atoms with van der Waals surface area (Å²) in [6, 6.07) is -0.363. The molecule has 0 bridgehead atoms. The van der Waals surface area contributed by atoms with Crippen molar-refractivity contribution in [1.82, 2.24) is 9.80 Å². The van der Waals surface area contributed by atoms with Gasteiger partial charge in [0.25, 0.3) is 0 Å². The highest BCUT2D eigenvalue weighted by Gasteiger charge is 2.33. The van der Waals surface area contributed by atoms with E-state index in [0.717, 1.165) is 6.54 Å². The van der Waals surface area contributed by atoms with E-state index in [-0.39, 0.29) is 17.9 Å². The number of piperazine rings is 1. The molecule has 1 unspecified atom stereocenters. The largest absolute Gasteiger partial charge is 0.339 e. The molecule has 16 heavy (non-hydrogen) atoms. The number of carbonyl (C=O) groups excluding carboxylic acids is 2. The van der Waals surface area contributed by atoms with Crippen LogP contribution >= 0.6 is 0 Å². The van der Waals surface area contributed by atoms with Crippen LogP contribution in [0.4, 0.5) is 0 Å². The molecule has 1 heterocycles. The van der Waals surface area contributed by atoms with Crippen molar-refractivity contribution in [3.63, 3.8) is 0 Å². The molecule has 0 aromatic carbocycles. The fourth-order valence-electron chi connectivity index (χ4n) is 1.97. The van der Waals surface area contributed by atoms with Gasteiger partial charge < -0.3 is 9.80 Å². The first-order valence-electron chi connectivity index (χ1n) is 5.69. The smallest absolute Gasteiger partial charge is 0.246 e. The molecule has 1 saturated heterocycles. The molecule has 1 aliphatic heterocycles. The molecule has 2 amide bonds. The summed E-state index contributed by atoms with van der Waals surface area (Å²) in [5, 5.41) is 0. The maximum Gasteiger partial charge on any atom is 0.246 e. The zero-order chi connectivity index (χ0) is 12.3. The van der Waals surface area contributed by atoms with Crippen LogP contribution in [0.5, 0.6) is 0 Å². The molecule has 4 nitrogen and oxygen atoms in total. The van der Waals surface area contributed by atoms with Gasteiger partial charge in [0.15, 0.2) is 0 Å². The minimum Gasteiger partial charge on any atom is -0.339 e. The molecule has 1 fully saturated rings. The van der Waals surface area contributed by atoms with Crippen molar-refractivity contribution >= 4 is 11.8 Å². The molecule has 1 aliphatic rings. The molecule has 0 spiro atoms. The van der Waals surface area contributed by atoms with E-state index >= 15 is 0 Å². The molecule has 4 heteroatoms. The van der Waals surface area contributed by atoms with Crippen LogP contribution < -0.4 is 0 Å². The Morgan fingerprint density at radius 1 is 1.56 bits per heavy atom. The second-order valence-electron chi connectivity index (χ2n) is 4.59. The Kier molecular flexibility index (Phi) is 4.10. The number of amides is 2. The molecule has 0 N–H and O–H groups in total. The Labute approximate surface area is 96.9 Å². The first-order valence-corrected chi connectivity index (χ1v) is 5.69. The predicted molar refractivity (Wildman–Crippen MR) is 62.8 cm³/mol. The van der Waals surface area contributed by atoms with Crippen molar-refractivity contribution in [3.05, 3.63) is 12.7 Å². The lowest BCUT2D eigenvalue weighted by Crippen LogP contribution is -2.57. The summed E-state index contributed by atoms with van der Waals surface area (Å²) in [6.07, 6.45) is 1.27. The number of nitrogens with zero attached hydrogens (tertiary/aromatic N) is 2. The summed E-state index contributed by atoms with van der Waals surface area (Å²) < 4.78 is 0. The summed E-state index contributed by atoms with van der Waals surface area (Å²) in [5.41, 5.74) is 0. The molecular formula is C12H20N2O2. The number of hydrogen-bond acceptors (Lipinski definition) is 2. The molecule has 90 valence electrons. The van der Waals surface area contributed by atoms with Crippen molar-refractivity contribution in [2.24, 2.45) is 5.92 Å². The first-order chi connectivity index (χ1) is 7.47. The first kappa shape index (κ1) is 12.7. The quantitative estimate of drug-likeness (QED) is 0.668. The second-order valence-corrected chi connectivity index (χ2v) is 4.59. The SMILES string of the molecule is C=CC(=O)N1CCN(CC(C)C)C(=O)C1C. The Hall–Kier alpha value is -1.32. The van der Waals surface area contributed by atoms with Gasteiger partial charge in [-0.15, -0.1) is 0 Å². The lowest BCUT2D eigenvalue weighted by molar-refractivity contribution is -0.148. The van der Waals surface area contributed by atoms with Gasteiger partial charge in [-0.05, 0) is 18.9 Å². The van der Waals surface area contributed by atoms with E-state index in [0.29, 0.717) is 19.0 Å². The highest BCUT2D eigenvalue weighted by molar-refractivity contribution is 5.93. The van der Waals surface area contributed by atoms with Crippen molar-refractivity contribution in [1.29, 1.82) is 0 Å². The van der Waals surface area contributed by atoms with E-state index in [1.165, 1.54) is 6.08 Å². The van der Waals surface area contributed by atoms with Crippen LogP contribution in [0.3, 0.4) is 0 Å². The summed E-state index contributed by atoms with van der Waals surface area (Å²) >= 11 is 0. The van der Waals surface area contributed by atoms with Crippen LogP contribution in [0.15, 0.2) is 12.7 Å². The Morgan fingerprint density at radius 2 is 2.19 bits per heavy atom. The fraction of sp³-hybridized carbons (Fsp3) is 0.667. The molecule has 1 rings (SSSR count). The molecule has 0 aliphatic carbocycles.